The molecule has 1 aromatic heterocycles. The highest BCUT2D eigenvalue weighted by Crippen LogP contribution is 2.44. The molecule has 0 unspecified atom stereocenters. The minimum absolute atomic E-state index is 0.631. The molecule has 0 aromatic carbocycles. The number of nitrogens with zero attached hydrogens (tertiary/aromatic N) is 2. The molecule has 1 heterocycles. The molecular weight excluding hydrogens is 194 g/mol. The third kappa shape index (κ3) is 1.24. The van der Waals surface area contributed by atoms with Crippen molar-refractivity contribution >= 4 is 12.2 Å². The summed E-state index contributed by atoms with van der Waals surface area (Å²) in [5.41, 5.74) is 0. The fourth-order valence-corrected chi connectivity index (χ4v) is 2.66. The highest BCUT2D eigenvalue weighted by Gasteiger charge is 2.34. The van der Waals surface area contributed by atoms with Gasteiger partial charge in [-0.1, -0.05) is 6.92 Å². The Hall–Kier alpha value is -0.640. The Labute approximate surface area is 88.5 Å². The first kappa shape index (κ1) is 8.65. The molecule has 2 aliphatic rings. The van der Waals surface area contributed by atoms with E-state index in [0.29, 0.717) is 12.0 Å². The molecule has 0 bridgehead atoms. The highest BCUT2D eigenvalue weighted by atomic mass is 32.1. The molecule has 4 heteroatoms. The van der Waals surface area contributed by atoms with Crippen LogP contribution in [0.1, 0.15) is 50.4 Å². The van der Waals surface area contributed by atoms with Crippen LogP contribution < -0.4 is 0 Å². The van der Waals surface area contributed by atoms with Crippen LogP contribution >= 0.6 is 12.2 Å². The number of aromatic amines is 1. The second-order valence-corrected chi connectivity index (χ2v) is 5.15. The number of aromatic nitrogens is 3. The first-order valence-corrected chi connectivity index (χ1v) is 5.83. The van der Waals surface area contributed by atoms with Crippen molar-refractivity contribution in [1.29, 1.82) is 0 Å². The third-order valence-corrected chi connectivity index (χ3v) is 3.68. The zero-order valence-corrected chi connectivity index (χ0v) is 9.18. The second-order valence-electron chi connectivity index (χ2n) is 4.76. The number of rotatable bonds is 2. The van der Waals surface area contributed by atoms with Gasteiger partial charge in [0, 0.05) is 12.0 Å². The van der Waals surface area contributed by atoms with E-state index >= 15 is 0 Å². The molecule has 2 fully saturated rings. The summed E-state index contributed by atoms with van der Waals surface area (Å²) in [6.07, 6.45) is 5.13. The molecule has 0 amide bonds. The molecule has 14 heavy (non-hydrogen) atoms. The standard InChI is InChI=1S/C10H15N3S/c1-6-4-8(5-6)13-9(7-2-3-7)11-12-10(13)14/h6-8H,2-5H2,1H3,(H,12,14). The average molecular weight is 209 g/mol. The first-order valence-electron chi connectivity index (χ1n) is 5.42. The van der Waals surface area contributed by atoms with E-state index in [9.17, 15) is 0 Å². The summed E-state index contributed by atoms with van der Waals surface area (Å²) in [7, 11) is 0. The van der Waals surface area contributed by atoms with Crippen molar-refractivity contribution in [3.05, 3.63) is 10.6 Å². The Morgan fingerprint density at radius 3 is 2.71 bits per heavy atom. The Balaban J connectivity index is 1.94. The maximum Gasteiger partial charge on any atom is 0.195 e. The summed E-state index contributed by atoms with van der Waals surface area (Å²) < 4.78 is 3.09. The van der Waals surface area contributed by atoms with E-state index in [4.69, 9.17) is 12.2 Å². The van der Waals surface area contributed by atoms with Crippen molar-refractivity contribution in [3.63, 3.8) is 0 Å². The van der Waals surface area contributed by atoms with Crippen LogP contribution in [-0.2, 0) is 0 Å². The Bertz CT molecular complexity index is 396. The molecule has 0 atom stereocenters. The van der Waals surface area contributed by atoms with Gasteiger partial charge >= 0.3 is 0 Å². The summed E-state index contributed by atoms with van der Waals surface area (Å²) in [5.74, 6) is 2.77. The van der Waals surface area contributed by atoms with Crippen molar-refractivity contribution < 1.29 is 0 Å². The monoisotopic (exact) mass is 209 g/mol. The van der Waals surface area contributed by atoms with E-state index in [-0.39, 0.29) is 0 Å². The van der Waals surface area contributed by atoms with Gasteiger partial charge in [0.1, 0.15) is 5.82 Å². The number of nitrogens with one attached hydrogen (secondary N) is 1. The van der Waals surface area contributed by atoms with Gasteiger partial charge in [-0.15, -0.1) is 0 Å². The molecule has 2 aliphatic carbocycles. The van der Waals surface area contributed by atoms with Gasteiger partial charge in [0.2, 0.25) is 0 Å². The fraction of sp³-hybridized carbons (Fsp3) is 0.800. The molecule has 3 nitrogen and oxygen atoms in total. The van der Waals surface area contributed by atoms with E-state index in [0.717, 1.165) is 10.7 Å². The lowest BCUT2D eigenvalue weighted by atomic mass is 9.81. The Kier molecular flexibility index (Phi) is 1.81. The van der Waals surface area contributed by atoms with Gasteiger partial charge in [-0.05, 0) is 43.8 Å². The molecule has 3 rings (SSSR count). The summed E-state index contributed by atoms with van der Waals surface area (Å²) >= 11 is 5.28. The van der Waals surface area contributed by atoms with E-state index in [2.05, 4.69) is 21.7 Å². The van der Waals surface area contributed by atoms with Gasteiger partial charge in [0.25, 0.3) is 0 Å². The van der Waals surface area contributed by atoms with Gasteiger partial charge in [0.15, 0.2) is 4.77 Å². The van der Waals surface area contributed by atoms with E-state index in [1.54, 1.807) is 0 Å². The largest absolute Gasteiger partial charge is 0.301 e. The van der Waals surface area contributed by atoms with E-state index < -0.39 is 0 Å². The number of hydrogen-bond acceptors (Lipinski definition) is 2. The third-order valence-electron chi connectivity index (χ3n) is 3.39. The molecule has 0 saturated heterocycles. The molecule has 1 N–H and O–H groups in total. The maximum atomic E-state index is 5.28. The molecule has 0 radical (unpaired) electrons. The van der Waals surface area contributed by atoms with Crippen molar-refractivity contribution in [2.75, 3.05) is 0 Å². The zero-order chi connectivity index (χ0) is 9.71. The Morgan fingerprint density at radius 2 is 2.14 bits per heavy atom. The van der Waals surface area contributed by atoms with Crippen molar-refractivity contribution in [2.45, 2.75) is 44.6 Å². The first-order chi connectivity index (χ1) is 6.75. The zero-order valence-electron chi connectivity index (χ0n) is 8.36. The van der Waals surface area contributed by atoms with Gasteiger partial charge in [-0.25, -0.2) is 0 Å². The summed E-state index contributed by atoms with van der Waals surface area (Å²) in [5, 5.41) is 7.29. The predicted molar refractivity (Wildman–Crippen MR) is 56.8 cm³/mol. The molecule has 2 saturated carbocycles. The van der Waals surface area contributed by atoms with Crippen LogP contribution in [0.5, 0.6) is 0 Å². The SMILES string of the molecule is CC1CC(n2c(C3CC3)n[nH]c2=S)C1. The predicted octanol–water partition coefficient (Wildman–Crippen LogP) is 2.79. The van der Waals surface area contributed by atoms with E-state index in [1.165, 1.54) is 31.5 Å². The smallest absolute Gasteiger partial charge is 0.195 e. The summed E-state index contributed by atoms with van der Waals surface area (Å²) in [6, 6.07) is 0.631. The van der Waals surface area contributed by atoms with Crippen molar-refractivity contribution in [2.24, 2.45) is 5.92 Å². The molecule has 0 aliphatic heterocycles. The van der Waals surface area contributed by atoms with Crippen LogP contribution in [0.3, 0.4) is 0 Å². The second kappa shape index (κ2) is 2.92. The minimum Gasteiger partial charge on any atom is -0.301 e. The van der Waals surface area contributed by atoms with Crippen LogP contribution in [0.4, 0.5) is 0 Å². The summed E-state index contributed by atoms with van der Waals surface area (Å²) in [6.45, 7) is 2.30. The van der Waals surface area contributed by atoms with Gasteiger partial charge < -0.3 is 4.57 Å². The topological polar surface area (TPSA) is 33.6 Å². The molecule has 1 aromatic rings. The molecule has 76 valence electrons. The minimum atomic E-state index is 0.631. The normalized spacial score (nSPS) is 31.5. The van der Waals surface area contributed by atoms with Crippen LogP contribution in [0.25, 0.3) is 0 Å². The number of H-pyrrole nitrogens is 1. The quantitative estimate of drug-likeness (QED) is 0.760. The van der Waals surface area contributed by atoms with Crippen molar-refractivity contribution in [3.8, 4) is 0 Å². The van der Waals surface area contributed by atoms with Crippen LogP contribution in [0, 0.1) is 10.7 Å². The van der Waals surface area contributed by atoms with Crippen LogP contribution in [0.15, 0.2) is 0 Å². The van der Waals surface area contributed by atoms with Gasteiger partial charge in [-0.2, -0.15) is 5.10 Å². The van der Waals surface area contributed by atoms with Crippen LogP contribution in [0.2, 0.25) is 0 Å². The lowest BCUT2D eigenvalue weighted by molar-refractivity contribution is 0.210. The van der Waals surface area contributed by atoms with Gasteiger partial charge in [-0.3, -0.25) is 5.10 Å². The summed E-state index contributed by atoms with van der Waals surface area (Å²) in [4.78, 5) is 0. The van der Waals surface area contributed by atoms with E-state index in [1.807, 2.05) is 0 Å². The lowest BCUT2D eigenvalue weighted by Gasteiger charge is -2.34. The Morgan fingerprint density at radius 1 is 1.43 bits per heavy atom. The highest BCUT2D eigenvalue weighted by molar-refractivity contribution is 7.71. The van der Waals surface area contributed by atoms with Crippen LogP contribution in [-0.4, -0.2) is 14.8 Å². The van der Waals surface area contributed by atoms with Gasteiger partial charge in [0.05, 0.1) is 0 Å². The molecular formula is C10H15N3S. The van der Waals surface area contributed by atoms with Crippen molar-refractivity contribution in [1.82, 2.24) is 14.8 Å². The molecule has 0 spiro atoms. The fourth-order valence-electron chi connectivity index (χ4n) is 2.37. The number of hydrogen-bond donors (Lipinski definition) is 1. The average Bonchev–Trinajstić information content (AvgIpc) is 2.86. The lowest BCUT2D eigenvalue weighted by Crippen LogP contribution is -2.26. The maximum absolute atomic E-state index is 5.28.